The molecule has 1 fully saturated rings. The van der Waals surface area contributed by atoms with Crippen LogP contribution < -0.4 is 5.32 Å². The minimum absolute atomic E-state index is 0.300. The summed E-state index contributed by atoms with van der Waals surface area (Å²) in [5.41, 5.74) is 0.569. The Hall–Kier alpha value is -2.93. The molecule has 146 valence electrons. The number of amides is 4. The average Bonchev–Trinajstić information content (AvgIpc) is 3.25. The van der Waals surface area contributed by atoms with Crippen LogP contribution >= 0.6 is 11.3 Å². The van der Waals surface area contributed by atoms with E-state index in [9.17, 15) is 14.4 Å². The number of carbonyl (C=O) groups is 3. The average molecular weight is 398 g/mol. The van der Waals surface area contributed by atoms with Gasteiger partial charge in [-0.1, -0.05) is 42.0 Å². The Bertz CT molecular complexity index is 892. The van der Waals surface area contributed by atoms with Crippen LogP contribution in [0.2, 0.25) is 0 Å². The van der Waals surface area contributed by atoms with E-state index in [0.29, 0.717) is 18.7 Å². The Morgan fingerprint density at radius 3 is 2.61 bits per heavy atom. The van der Waals surface area contributed by atoms with E-state index < -0.39 is 17.5 Å². The summed E-state index contributed by atoms with van der Waals surface area (Å²) in [5, 5.41) is 4.68. The topological polar surface area (TPSA) is 69.7 Å². The van der Waals surface area contributed by atoms with Crippen LogP contribution in [0, 0.1) is 6.92 Å². The van der Waals surface area contributed by atoms with Crippen LogP contribution in [0.1, 0.15) is 22.9 Å². The summed E-state index contributed by atoms with van der Waals surface area (Å²) >= 11 is 1.55. The van der Waals surface area contributed by atoms with Crippen molar-refractivity contribution in [3.05, 3.63) is 70.4 Å². The lowest BCUT2D eigenvalue weighted by Crippen LogP contribution is -2.44. The summed E-state index contributed by atoms with van der Waals surface area (Å²) in [4.78, 5) is 41.9. The van der Waals surface area contributed by atoms with Gasteiger partial charge >= 0.3 is 6.03 Å². The second-order valence-corrected chi connectivity index (χ2v) is 7.99. The van der Waals surface area contributed by atoms with E-state index in [2.05, 4.69) is 11.9 Å². The van der Waals surface area contributed by atoms with Crippen molar-refractivity contribution < 1.29 is 14.4 Å². The second-order valence-electron chi connectivity index (χ2n) is 6.95. The van der Waals surface area contributed by atoms with Gasteiger partial charge in [-0.25, -0.2) is 4.79 Å². The van der Waals surface area contributed by atoms with Crippen LogP contribution in [0.5, 0.6) is 0 Å². The van der Waals surface area contributed by atoms with Gasteiger partial charge in [-0.2, -0.15) is 0 Å². The van der Waals surface area contributed by atoms with Crippen molar-refractivity contribution in [2.75, 3.05) is 13.1 Å². The molecular weight excluding hydrogens is 374 g/mol. The van der Waals surface area contributed by atoms with Crippen LogP contribution in [0.25, 0.3) is 0 Å². The number of thiophene rings is 1. The Morgan fingerprint density at radius 2 is 2.00 bits per heavy atom. The molecule has 1 aromatic heterocycles. The lowest BCUT2D eigenvalue weighted by molar-refractivity contribution is -0.138. The molecule has 0 radical (unpaired) electrons. The first-order valence-electron chi connectivity index (χ1n) is 8.97. The molecule has 0 bridgehead atoms. The normalized spacial score (nSPS) is 18.9. The van der Waals surface area contributed by atoms with E-state index in [1.54, 1.807) is 29.2 Å². The zero-order valence-electron chi connectivity index (χ0n) is 16.0. The van der Waals surface area contributed by atoms with E-state index in [1.807, 2.05) is 48.7 Å². The zero-order chi connectivity index (χ0) is 20.3. The Labute approximate surface area is 168 Å². The number of aryl methyl sites for hydroxylation is 1. The fraction of sp³-hybridized carbons (Fsp3) is 0.286. The number of nitrogens with zero attached hydrogens (tertiary/aromatic N) is 2. The molecule has 2 heterocycles. The molecule has 1 atom stereocenters. The number of hydrogen-bond acceptors (Lipinski definition) is 4. The predicted molar refractivity (Wildman–Crippen MR) is 109 cm³/mol. The van der Waals surface area contributed by atoms with Gasteiger partial charge in [0.1, 0.15) is 12.1 Å². The SMILES string of the molecule is C=CCN(Cc1cccs1)C(=O)CN1C(=O)N[C@@](C)(c2ccc(C)cc2)C1=O. The minimum atomic E-state index is -1.18. The summed E-state index contributed by atoms with van der Waals surface area (Å²) < 4.78 is 0. The van der Waals surface area contributed by atoms with Crippen molar-refractivity contribution in [2.24, 2.45) is 0 Å². The smallest absolute Gasteiger partial charge is 0.325 e. The summed E-state index contributed by atoms with van der Waals surface area (Å²) in [7, 11) is 0. The highest BCUT2D eigenvalue weighted by atomic mass is 32.1. The lowest BCUT2D eigenvalue weighted by Gasteiger charge is -2.24. The molecule has 7 heteroatoms. The molecule has 3 rings (SSSR count). The minimum Gasteiger partial charge on any atom is -0.332 e. The number of imide groups is 1. The molecular formula is C21H23N3O3S. The molecule has 2 aromatic rings. The molecule has 28 heavy (non-hydrogen) atoms. The van der Waals surface area contributed by atoms with Gasteiger partial charge in [-0.3, -0.25) is 14.5 Å². The maximum atomic E-state index is 13.0. The highest BCUT2D eigenvalue weighted by Gasteiger charge is 2.49. The molecule has 1 aliphatic rings. The van der Waals surface area contributed by atoms with Crippen LogP contribution in [-0.2, 0) is 21.7 Å². The summed E-state index contributed by atoms with van der Waals surface area (Å²) in [5.74, 6) is -0.727. The third-order valence-corrected chi connectivity index (χ3v) is 5.69. The first-order valence-corrected chi connectivity index (χ1v) is 9.85. The third-order valence-electron chi connectivity index (χ3n) is 4.83. The standard InChI is InChI=1S/C21H23N3O3S/c1-4-11-23(13-17-6-5-12-28-17)18(25)14-24-19(26)21(3,22-20(24)27)16-9-7-15(2)8-10-16/h4-10,12H,1,11,13-14H2,2-3H3,(H,22,27)/t21-/m0/s1. The Morgan fingerprint density at radius 1 is 1.29 bits per heavy atom. The molecule has 0 spiro atoms. The molecule has 1 N–H and O–H groups in total. The monoisotopic (exact) mass is 397 g/mol. The number of urea groups is 1. The number of hydrogen-bond donors (Lipinski definition) is 1. The number of benzene rings is 1. The zero-order valence-corrected chi connectivity index (χ0v) is 16.8. The van der Waals surface area contributed by atoms with Gasteiger partial charge < -0.3 is 10.2 Å². The quantitative estimate of drug-likeness (QED) is 0.577. The van der Waals surface area contributed by atoms with Gasteiger partial charge in [-0.15, -0.1) is 17.9 Å². The second kappa shape index (κ2) is 7.98. The van der Waals surface area contributed by atoms with Crippen molar-refractivity contribution in [1.29, 1.82) is 0 Å². The summed E-state index contributed by atoms with van der Waals surface area (Å²) in [6.07, 6.45) is 1.63. The van der Waals surface area contributed by atoms with Crippen molar-refractivity contribution >= 4 is 29.2 Å². The fourth-order valence-electron chi connectivity index (χ4n) is 3.16. The van der Waals surface area contributed by atoms with Gasteiger partial charge in [-0.05, 0) is 30.9 Å². The lowest BCUT2D eigenvalue weighted by atomic mass is 9.91. The van der Waals surface area contributed by atoms with Crippen molar-refractivity contribution in [3.8, 4) is 0 Å². The van der Waals surface area contributed by atoms with Crippen LogP contribution in [0.15, 0.2) is 54.4 Å². The fourth-order valence-corrected chi connectivity index (χ4v) is 3.88. The van der Waals surface area contributed by atoms with Gasteiger partial charge in [0.2, 0.25) is 5.91 Å². The van der Waals surface area contributed by atoms with Crippen LogP contribution in [0.4, 0.5) is 4.79 Å². The van der Waals surface area contributed by atoms with E-state index >= 15 is 0 Å². The Balaban J connectivity index is 1.76. The van der Waals surface area contributed by atoms with E-state index in [4.69, 9.17) is 0 Å². The Kier molecular flexibility index (Phi) is 5.65. The molecule has 0 saturated carbocycles. The maximum Gasteiger partial charge on any atom is 0.325 e. The van der Waals surface area contributed by atoms with E-state index in [1.165, 1.54) is 0 Å². The molecule has 1 aromatic carbocycles. The molecule has 1 aliphatic heterocycles. The highest BCUT2D eigenvalue weighted by Crippen LogP contribution is 2.29. The van der Waals surface area contributed by atoms with Crippen molar-refractivity contribution in [1.82, 2.24) is 15.1 Å². The summed E-state index contributed by atoms with van der Waals surface area (Å²) in [6, 6.07) is 10.7. The largest absolute Gasteiger partial charge is 0.332 e. The molecule has 0 aliphatic carbocycles. The number of carbonyl (C=O) groups excluding carboxylic acids is 3. The maximum absolute atomic E-state index is 13.0. The number of rotatable bonds is 7. The first kappa shape index (κ1) is 19.8. The van der Waals surface area contributed by atoms with Crippen molar-refractivity contribution in [2.45, 2.75) is 25.9 Å². The molecule has 6 nitrogen and oxygen atoms in total. The predicted octanol–water partition coefficient (Wildman–Crippen LogP) is 3.04. The molecule has 1 saturated heterocycles. The summed E-state index contributed by atoms with van der Waals surface area (Å²) in [6.45, 7) is 7.77. The van der Waals surface area contributed by atoms with Crippen LogP contribution in [0.3, 0.4) is 0 Å². The molecule has 0 unspecified atom stereocenters. The van der Waals surface area contributed by atoms with Crippen molar-refractivity contribution in [3.63, 3.8) is 0 Å². The highest BCUT2D eigenvalue weighted by molar-refractivity contribution is 7.09. The number of nitrogens with one attached hydrogen (secondary N) is 1. The van der Waals surface area contributed by atoms with Crippen LogP contribution in [-0.4, -0.2) is 40.7 Å². The van der Waals surface area contributed by atoms with Gasteiger partial charge in [0.25, 0.3) is 5.91 Å². The van der Waals surface area contributed by atoms with Gasteiger partial charge in [0.15, 0.2) is 0 Å². The first-order chi connectivity index (χ1) is 13.3. The van der Waals surface area contributed by atoms with Gasteiger partial charge in [0.05, 0.1) is 6.54 Å². The molecule has 4 amide bonds. The van der Waals surface area contributed by atoms with Gasteiger partial charge in [0, 0.05) is 11.4 Å². The third kappa shape index (κ3) is 3.84. The van der Waals surface area contributed by atoms with E-state index in [0.717, 1.165) is 15.3 Å². The van der Waals surface area contributed by atoms with E-state index in [-0.39, 0.29) is 12.5 Å².